The van der Waals surface area contributed by atoms with E-state index in [0.29, 0.717) is 25.9 Å². The van der Waals surface area contributed by atoms with E-state index in [4.69, 9.17) is 4.74 Å². The van der Waals surface area contributed by atoms with Crippen molar-refractivity contribution in [2.24, 2.45) is 0 Å². The highest BCUT2D eigenvalue weighted by Crippen LogP contribution is 2.15. The normalized spacial score (nSPS) is 13.0. The molecule has 0 aliphatic rings. The molecule has 0 aliphatic carbocycles. The van der Waals surface area contributed by atoms with Gasteiger partial charge in [-0.3, -0.25) is 9.59 Å². The first-order valence-corrected chi connectivity index (χ1v) is 24.2. The Morgan fingerprint density at radius 1 is 0.500 bits per heavy atom. The molecule has 0 radical (unpaired) electrons. The van der Waals surface area contributed by atoms with Gasteiger partial charge < -0.3 is 20.3 Å². The lowest BCUT2D eigenvalue weighted by Gasteiger charge is -2.22. The highest BCUT2D eigenvalue weighted by molar-refractivity contribution is 5.76. The van der Waals surface area contributed by atoms with Crippen molar-refractivity contribution < 1.29 is 24.5 Å². The Hall–Kier alpha value is -1.92. The smallest absolute Gasteiger partial charge is 0.305 e. The van der Waals surface area contributed by atoms with Crippen LogP contribution in [0.1, 0.15) is 245 Å². The number of allylic oxidation sites excluding steroid dienone is 6. The van der Waals surface area contributed by atoms with Gasteiger partial charge in [0.25, 0.3) is 0 Å². The first-order valence-electron chi connectivity index (χ1n) is 24.2. The summed E-state index contributed by atoms with van der Waals surface area (Å²) >= 11 is 0. The lowest BCUT2D eigenvalue weighted by Crippen LogP contribution is -2.45. The van der Waals surface area contributed by atoms with E-state index in [9.17, 15) is 19.8 Å². The molecule has 2 unspecified atom stereocenters. The van der Waals surface area contributed by atoms with E-state index in [2.05, 4.69) is 55.6 Å². The average molecular weight is 788 g/mol. The lowest BCUT2D eigenvalue weighted by molar-refractivity contribution is -0.143. The van der Waals surface area contributed by atoms with Crippen LogP contribution < -0.4 is 5.32 Å². The van der Waals surface area contributed by atoms with Crippen LogP contribution in [0.3, 0.4) is 0 Å². The number of rotatable bonds is 44. The predicted octanol–water partition coefficient (Wildman–Crippen LogP) is 14.1. The fourth-order valence-electron chi connectivity index (χ4n) is 7.13. The lowest BCUT2D eigenvalue weighted by atomic mass is 10.0. The first kappa shape index (κ1) is 54.1. The fourth-order valence-corrected chi connectivity index (χ4v) is 7.13. The molecule has 6 nitrogen and oxygen atoms in total. The van der Waals surface area contributed by atoms with Crippen LogP contribution in [0.4, 0.5) is 0 Å². The second-order valence-electron chi connectivity index (χ2n) is 16.4. The molecular formula is C50H93NO5. The average Bonchev–Trinajstić information content (AvgIpc) is 3.20. The zero-order chi connectivity index (χ0) is 40.8. The molecule has 0 spiro atoms. The summed E-state index contributed by atoms with van der Waals surface area (Å²) in [6.45, 7) is 4.85. The molecular weight excluding hydrogens is 695 g/mol. The van der Waals surface area contributed by atoms with E-state index in [0.717, 1.165) is 83.5 Å². The number of aliphatic hydroxyl groups excluding tert-OH is 2. The Labute approximate surface area is 347 Å². The van der Waals surface area contributed by atoms with Crippen molar-refractivity contribution in [2.45, 2.75) is 257 Å². The minimum absolute atomic E-state index is 0.0265. The van der Waals surface area contributed by atoms with Gasteiger partial charge in [-0.05, 0) is 89.9 Å². The van der Waals surface area contributed by atoms with Crippen molar-refractivity contribution in [3.63, 3.8) is 0 Å². The number of amides is 1. The number of hydrogen-bond donors (Lipinski definition) is 3. The van der Waals surface area contributed by atoms with Crippen molar-refractivity contribution in [1.29, 1.82) is 0 Å². The van der Waals surface area contributed by atoms with Crippen LogP contribution in [0.2, 0.25) is 0 Å². The molecule has 0 heterocycles. The molecule has 1 amide bonds. The fraction of sp³-hybridized carbons (Fsp3) is 0.840. The van der Waals surface area contributed by atoms with Crippen molar-refractivity contribution >= 4 is 11.9 Å². The quantitative estimate of drug-likeness (QED) is 0.0325. The maximum atomic E-state index is 12.4. The standard InChI is InChI=1S/C50H93NO5/c1-3-5-7-9-11-13-15-24-28-32-36-40-44-50(55)56-45-41-37-33-29-25-22-20-18-16-17-19-21-23-27-31-35-39-43-49(54)51-47(46-52)48(53)42-38-34-30-26-14-12-10-8-6-4-2/h11,13,16,18,22,25,47-48,52-53H,3-10,12,14-15,17,19-21,23-24,26-46H2,1-2H3,(H,51,54)/b13-11-,18-16-,25-22-. The molecule has 0 fully saturated rings. The van der Waals surface area contributed by atoms with Gasteiger partial charge >= 0.3 is 5.97 Å². The van der Waals surface area contributed by atoms with E-state index in [1.54, 1.807) is 0 Å². The van der Waals surface area contributed by atoms with Gasteiger partial charge in [-0.25, -0.2) is 0 Å². The molecule has 0 aliphatic heterocycles. The Morgan fingerprint density at radius 2 is 0.893 bits per heavy atom. The highest BCUT2D eigenvalue weighted by atomic mass is 16.5. The number of unbranched alkanes of at least 4 members (excludes halogenated alkanes) is 27. The summed E-state index contributed by atoms with van der Waals surface area (Å²) in [4.78, 5) is 24.3. The summed E-state index contributed by atoms with van der Waals surface area (Å²) in [5.74, 6) is -0.0810. The minimum atomic E-state index is -0.673. The van der Waals surface area contributed by atoms with Crippen molar-refractivity contribution in [3.05, 3.63) is 36.5 Å². The van der Waals surface area contributed by atoms with Gasteiger partial charge in [-0.1, -0.05) is 179 Å². The van der Waals surface area contributed by atoms with Gasteiger partial charge in [-0.2, -0.15) is 0 Å². The molecule has 2 atom stereocenters. The molecule has 0 bridgehead atoms. The minimum Gasteiger partial charge on any atom is -0.466 e. The van der Waals surface area contributed by atoms with Gasteiger partial charge in [0.1, 0.15) is 0 Å². The zero-order valence-electron chi connectivity index (χ0n) is 37.1. The number of nitrogens with one attached hydrogen (secondary N) is 1. The van der Waals surface area contributed by atoms with Crippen molar-refractivity contribution in [1.82, 2.24) is 5.32 Å². The second kappa shape index (κ2) is 45.8. The largest absolute Gasteiger partial charge is 0.466 e. The molecule has 328 valence electrons. The van der Waals surface area contributed by atoms with Crippen LogP contribution in [0, 0.1) is 0 Å². The van der Waals surface area contributed by atoms with Gasteiger partial charge in [0.2, 0.25) is 5.91 Å². The van der Waals surface area contributed by atoms with Crippen LogP contribution in [0.25, 0.3) is 0 Å². The maximum absolute atomic E-state index is 12.4. The number of ether oxygens (including phenoxy) is 1. The monoisotopic (exact) mass is 788 g/mol. The van der Waals surface area contributed by atoms with Gasteiger partial charge in [-0.15, -0.1) is 0 Å². The Balaban J connectivity index is 3.51. The van der Waals surface area contributed by atoms with E-state index >= 15 is 0 Å². The van der Waals surface area contributed by atoms with E-state index in [1.165, 1.54) is 128 Å². The Bertz CT molecular complexity index is 915. The van der Waals surface area contributed by atoms with Crippen LogP contribution in [-0.2, 0) is 14.3 Å². The van der Waals surface area contributed by atoms with Crippen molar-refractivity contribution in [3.8, 4) is 0 Å². The number of carbonyl (C=O) groups excluding carboxylic acids is 2. The summed E-state index contributed by atoms with van der Waals surface area (Å²) < 4.78 is 5.42. The third kappa shape index (κ3) is 41.7. The van der Waals surface area contributed by atoms with E-state index in [1.807, 2.05) is 0 Å². The summed E-state index contributed by atoms with van der Waals surface area (Å²) in [6, 6.07) is -0.552. The molecule has 0 saturated carbocycles. The van der Waals surface area contributed by atoms with Gasteiger partial charge in [0.05, 0.1) is 25.4 Å². The molecule has 0 rings (SSSR count). The molecule has 0 aromatic carbocycles. The van der Waals surface area contributed by atoms with Crippen LogP contribution >= 0.6 is 0 Å². The number of esters is 1. The van der Waals surface area contributed by atoms with Crippen LogP contribution in [-0.4, -0.2) is 47.4 Å². The SMILES string of the molecule is CCCCC/C=C\CCCCCCCC(=O)OCCCCC/C=C\C/C=C\CCCCCCCCCC(=O)NC(CO)C(O)CCCCCCCCCCCC. The summed E-state index contributed by atoms with van der Waals surface area (Å²) in [7, 11) is 0. The third-order valence-corrected chi connectivity index (χ3v) is 10.9. The zero-order valence-corrected chi connectivity index (χ0v) is 37.1. The molecule has 56 heavy (non-hydrogen) atoms. The third-order valence-electron chi connectivity index (χ3n) is 10.9. The summed E-state index contributed by atoms with van der Waals surface area (Å²) in [5.41, 5.74) is 0. The summed E-state index contributed by atoms with van der Waals surface area (Å²) in [6.07, 6.45) is 54.0. The number of hydrogen-bond acceptors (Lipinski definition) is 5. The van der Waals surface area contributed by atoms with Gasteiger partial charge in [0, 0.05) is 12.8 Å². The van der Waals surface area contributed by atoms with Gasteiger partial charge in [0.15, 0.2) is 0 Å². The molecule has 3 N–H and O–H groups in total. The van der Waals surface area contributed by atoms with E-state index < -0.39 is 12.1 Å². The maximum Gasteiger partial charge on any atom is 0.305 e. The number of carbonyl (C=O) groups is 2. The second-order valence-corrected chi connectivity index (χ2v) is 16.4. The van der Waals surface area contributed by atoms with Crippen LogP contribution in [0.15, 0.2) is 36.5 Å². The Kier molecular flexibility index (Phi) is 44.2. The van der Waals surface area contributed by atoms with Crippen molar-refractivity contribution in [2.75, 3.05) is 13.2 Å². The molecule has 0 aromatic heterocycles. The first-order chi connectivity index (χ1) is 27.5. The highest BCUT2D eigenvalue weighted by Gasteiger charge is 2.20. The molecule has 6 heteroatoms. The Morgan fingerprint density at radius 3 is 1.41 bits per heavy atom. The number of aliphatic hydroxyl groups is 2. The molecule has 0 aromatic rings. The van der Waals surface area contributed by atoms with Crippen LogP contribution in [0.5, 0.6) is 0 Å². The molecule has 0 saturated heterocycles. The topological polar surface area (TPSA) is 95.9 Å². The van der Waals surface area contributed by atoms with E-state index in [-0.39, 0.29) is 18.5 Å². The predicted molar refractivity (Wildman–Crippen MR) is 241 cm³/mol. The summed E-state index contributed by atoms with van der Waals surface area (Å²) in [5, 5.41) is 23.1.